The zero-order valence-electron chi connectivity index (χ0n) is 18.5. The Labute approximate surface area is 192 Å². The monoisotopic (exact) mass is 447 g/mol. The van der Waals surface area contributed by atoms with E-state index in [0.29, 0.717) is 17.5 Å². The van der Waals surface area contributed by atoms with Crippen molar-refractivity contribution in [1.29, 1.82) is 0 Å². The molecule has 0 spiro atoms. The van der Waals surface area contributed by atoms with Crippen LogP contribution < -0.4 is 4.74 Å². The van der Waals surface area contributed by atoms with Crippen LogP contribution in [0.5, 0.6) is 5.75 Å². The van der Waals surface area contributed by atoms with Crippen LogP contribution in [-0.4, -0.2) is 40.6 Å². The van der Waals surface area contributed by atoms with Gasteiger partial charge < -0.3 is 14.7 Å². The summed E-state index contributed by atoms with van der Waals surface area (Å²) in [6, 6.07) is 21.6. The van der Waals surface area contributed by atoms with Crippen molar-refractivity contribution in [3.63, 3.8) is 0 Å². The maximum absolute atomic E-state index is 14.0. The smallest absolute Gasteiger partial charge is 0.323 e. The van der Waals surface area contributed by atoms with E-state index in [2.05, 4.69) is 12.1 Å². The summed E-state index contributed by atoms with van der Waals surface area (Å²) >= 11 is 0. The maximum atomic E-state index is 14.0. The minimum absolute atomic E-state index is 0.103. The van der Waals surface area contributed by atoms with Gasteiger partial charge in [-0.2, -0.15) is 0 Å². The number of carbonyl (C=O) groups is 2. The van der Waals surface area contributed by atoms with Gasteiger partial charge in [0.15, 0.2) is 0 Å². The molecule has 1 heterocycles. The third-order valence-corrected chi connectivity index (χ3v) is 5.87. The SMILES string of the molecule is CC1(Cc2ccccc2)Cc2cc(C(=O)N(CCc3ccccc3F)CC(=O)O)ccc2O1. The van der Waals surface area contributed by atoms with Crippen LogP contribution in [0.3, 0.4) is 0 Å². The van der Waals surface area contributed by atoms with E-state index in [9.17, 15) is 19.1 Å². The molecule has 3 aromatic carbocycles. The Hall–Kier alpha value is -3.67. The van der Waals surface area contributed by atoms with Crippen molar-refractivity contribution >= 4 is 11.9 Å². The van der Waals surface area contributed by atoms with Crippen molar-refractivity contribution < 1.29 is 23.8 Å². The highest BCUT2D eigenvalue weighted by molar-refractivity contribution is 5.96. The quantitative estimate of drug-likeness (QED) is 0.551. The Morgan fingerprint density at radius 1 is 1.06 bits per heavy atom. The summed E-state index contributed by atoms with van der Waals surface area (Å²) in [4.78, 5) is 25.8. The van der Waals surface area contributed by atoms with Crippen LogP contribution in [0.2, 0.25) is 0 Å². The molecule has 33 heavy (non-hydrogen) atoms. The van der Waals surface area contributed by atoms with Gasteiger partial charge in [0.1, 0.15) is 23.7 Å². The number of carboxylic acid groups (broad SMARTS) is 1. The van der Waals surface area contributed by atoms with Gasteiger partial charge in [-0.15, -0.1) is 0 Å². The van der Waals surface area contributed by atoms with Crippen LogP contribution in [0.4, 0.5) is 4.39 Å². The number of carboxylic acids is 1. The van der Waals surface area contributed by atoms with Crippen molar-refractivity contribution in [1.82, 2.24) is 4.90 Å². The fourth-order valence-corrected chi connectivity index (χ4v) is 4.34. The van der Waals surface area contributed by atoms with Crippen LogP contribution >= 0.6 is 0 Å². The van der Waals surface area contributed by atoms with E-state index >= 15 is 0 Å². The summed E-state index contributed by atoms with van der Waals surface area (Å²) < 4.78 is 20.2. The summed E-state index contributed by atoms with van der Waals surface area (Å²) in [7, 11) is 0. The minimum Gasteiger partial charge on any atom is -0.487 e. The number of halogens is 1. The zero-order valence-corrected chi connectivity index (χ0v) is 18.5. The number of aliphatic carboxylic acids is 1. The lowest BCUT2D eigenvalue weighted by Crippen LogP contribution is -2.37. The van der Waals surface area contributed by atoms with Crippen molar-refractivity contribution in [2.24, 2.45) is 0 Å². The Kier molecular flexibility index (Phi) is 6.45. The van der Waals surface area contributed by atoms with E-state index in [1.54, 1.807) is 36.4 Å². The highest BCUT2D eigenvalue weighted by atomic mass is 19.1. The van der Waals surface area contributed by atoms with Gasteiger partial charge in [-0.05, 0) is 54.3 Å². The van der Waals surface area contributed by atoms with E-state index in [0.717, 1.165) is 17.7 Å². The fourth-order valence-electron chi connectivity index (χ4n) is 4.34. The van der Waals surface area contributed by atoms with Crippen LogP contribution in [0, 0.1) is 5.82 Å². The predicted molar refractivity (Wildman–Crippen MR) is 123 cm³/mol. The van der Waals surface area contributed by atoms with Crippen LogP contribution in [0.1, 0.15) is 34.0 Å². The number of hydrogen-bond acceptors (Lipinski definition) is 3. The summed E-state index contributed by atoms with van der Waals surface area (Å²) in [5.74, 6) is -1.14. The van der Waals surface area contributed by atoms with Gasteiger partial charge in [-0.3, -0.25) is 9.59 Å². The second-order valence-corrected chi connectivity index (χ2v) is 8.68. The molecule has 0 aromatic heterocycles. The topological polar surface area (TPSA) is 66.8 Å². The first-order chi connectivity index (χ1) is 15.8. The summed E-state index contributed by atoms with van der Waals surface area (Å²) in [6.07, 6.45) is 1.61. The number of carbonyl (C=O) groups excluding carboxylic acids is 1. The number of rotatable bonds is 8. The molecule has 5 nitrogen and oxygen atoms in total. The lowest BCUT2D eigenvalue weighted by Gasteiger charge is -2.24. The van der Waals surface area contributed by atoms with Gasteiger partial charge in [0.05, 0.1) is 0 Å². The third kappa shape index (κ3) is 5.40. The van der Waals surface area contributed by atoms with Crippen LogP contribution in [0.15, 0.2) is 72.8 Å². The molecule has 0 saturated heterocycles. The molecule has 0 fully saturated rings. The van der Waals surface area contributed by atoms with Crippen molar-refractivity contribution in [3.05, 3.63) is 101 Å². The molecule has 170 valence electrons. The number of benzene rings is 3. The molecule has 1 atom stereocenters. The second-order valence-electron chi connectivity index (χ2n) is 8.68. The van der Waals surface area contributed by atoms with Crippen molar-refractivity contribution in [2.75, 3.05) is 13.1 Å². The number of hydrogen-bond donors (Lipinski definition) is 1. The molecular weight excluding hydrogens is 421 g/mol. The molecular formula is C27H26FNO4. The third-order valence-electron chi connectivity index (χ3n) is 5.87. The number of nitrogens with zero attached hydrogens (tertiary/aromatic N) is 1. The fraction of sp³-hybridized carbons (Fsp3) is 0.259. The van der Waals surface area contributed by atoms with Crippen LogP contribution in [-0.2, 0) is 24.1 Å². The highest BCUT2D eigenvalue weighted by Gasteiger charge is 2.35. The summed E-state index contributed by atoms with van der Waals surface area (Å²) in [6.45, 7) is 1.70. The number of amides is 1. The largest absolute Gasteiger partial charge is 0.487 e. The Balaban J connectivity index is 1.49. The lowest BCUT2D eigenvalue weighted by molar-refractivity contribution is -0.137. The van der Waals surface area contributed by atoms with Gasteiger partial charge in [0.2, 0.25) is 0 Å². The van der Waals surface area contributed by atoms with Crippen molar-refractivity contribution in [3.8, 4) is 5.75 Å². The molecule has 3 aromatic rings. The maximum Gasteiger partial charge on any atom is 0.323 e. The standard InChI is InChI=1S/C27H26FNO4/c1-27(16-19-7-3-2-4-8-19)17-22-15-21(11-12-24(22)33-27)26(32)29(18-25(30)31)14-13-20-9-5-6-10-23(20)28/h2-12,15H,13-14,16-18H2,1H3,(H,30,31). The Morgan fingerprint density at radius 3 is 2.52 bits per heavy atom. The molecule has 1 unspecified atom stereocenters. The molecule has 0 bridgehead atoms. The van der Waals surface area contributed by atoms with Gasteiger partial charge in [0, 0.05) is 24.9 Å². The molecule has 1 amide bonds. The molecule has 1 aliphatic rings. The van der Waals surface area contributed by atoms with E-state index in [-0.39, 0.29) is 18.8 Å². The van der Waals surface area contributed by atoms with Crippen LogP contribution in [0.25, 0.3) is 0 Å². The predicted octanol–water partition coefficient (Wildman–Crippen LogP) is 4.53. The average molecular weight is 448 g/mol. The molecule has 1 N–H and O–H groups in total. The molecule has 1 aliphatic heterocycles. The van der Waals surface area contributed by atoms with E-state index in [1.807, 2.05) is 25.1 Å². The zero-order chi connectivity index (χ0) is 23.4. The van der Waals surface area contributed by atoms with E-state index in [4.69, 9.17) is 4.74 Å². The molecule has 0 radical (unpaired) electrons. The first-order valence-corrected chi connectivity index (χ1v) is 10.9. The Morgan fingerprint density at radius 2 is 1.79 bits per heavy atom. The molecule has 4 rings (SSSR count). The van der Waals surface area contributed by atoms with Gasteiger partial charge in [0.25, 0.3) is 5.91 Å². The summed E-state index contributed by atoms with van der Waals surface area (Å²) in [5.41, 5.74) is 2.51. The molecule has 0 saturated carbocycles. The first-order valence-electron chi connectivity index (χ1n) is 10.9. The minimum atomic E-state index is -1.11. The first kappa shape index (κ1) is 22.5. The summed E-state index contributed by atoms with van der Waals surface area (Å²) in [5, 5.41) is 9.31. The van der Waals surface area contributed by atoms with E-state index < -0.39 is 24.0 Å². The average Bonchev–Trinajstić information content (AvgIpc) is 3.12. The van der Waals surface area contributed by atoms with Gasteiger partial charge in [-0.25, -0.2) is 4.39 Å². The van der Waals surface area contributed by atoms with E-state index in [1.165, 1.54) is 16.5 Å². The Bertz CT molecular complexity index is 1160. The molecule has 0 aliphatic carbocycles. The second kappa shape index (κ2) is 9.45. The normalized spacial score (nSPS) is 16.7. The van der Waals surface area contributed by atoms with Crippen molar-refractivity contribution in [2.45, 2.75) is 31.8 Å². The number of fused-ring (bicyclic) bond motifs is 1. The van der Waals surface area contributed by atoms with Gasteiger partial charge >= 0.3 is 5.97 Å². The highest BCUT2D eigenvalue weighted by Crippen LogP contribution is 2.37. The van der Waals surface area contributed by atoms with Gasteiger partial charge in [-0.1, -0.05) is 48.5 Å². The lowest BCUT2D eigenvalue weighted by atomic mass is 9.91. The molecule has 6 heteroatoms. The number of ether oxygens (including phenoxy) is 1.